The third-order valence-electron chi connectivity index (χ3n) is 3.48. The smallest absolute Gasteiger partial charge is 0.332 e. The minimum absolute atomic E-state index is 0.127. The molecule has 3 rings (SSSR count). The van der Waals surface area contributed by atoms with Crippen LogP contribution in [0, 0.1) is 0 Å². The first-order chi connectivity index (χ1) is 11.0. The Hall–Kier alpha value is -2.61. The number of carboxylic acids is 1. The van der Waals surface area contributed by atoms with E-state index in [2.05, 4.69) is 4.99 Å². The molecule has 1 aromatic heterocycles. The largest absolute Gasteiger partial charge is 0.480 e. The van der Waals surface area contributed by atoms with Crippen LogP contribution in [0.4, 0.5) is 5.82 Å². The zero-order valence-electron chi connectivity index (χ0n) is 12.2. The molecule has 0 bridgehead atoms. The summed E-state index contributed by atoms with van der Waals surface area (Å²) in [6.45, 7) is 0.127. The summed E-state index contributed by atoms with van der Waals surface area (Å²) in [6.07, 6.45) is 1.23. The second kappa shape index (κ2) is 5.88. The number of hydrogen-bond acceptors (Lipinski definition) is 5. The Bertz CT molecular complexity index is 915. The lowest BCUT2D eigenvalue weighted by molar-refractivity contribution is -0.135. The molecule has 118 valence electrons. The molecule has 23 heavy (non-hydrogen) atoms. The molecule has 1 unspecified atom stereocenters. The molecule has 0 amide bonds. The first-order valence-corrected chi connectivity index (χ1v) is 7.68. The SMILES string of the molecule is Cn1c2c(c(=O)n(Cc3ccccc3)c1=O)SC(C(=O)O)C=N2. The van der Waals surface area contributed by atoms with Crippen LogP contribution in [0.1, 0.15) is 5.56 Å². The van der Waals surface area contributed by atoms with Crippen molar-refractivity contribution in [1.82, 2.24) is 9.13 Å². The number of carbonyl (C=O) groups is 1. The maximum Gasteiger partial charge on any atom is 0.332 e. The van der Waals surface area contributed by atoms with Crippen molar-refractivity contribution in [3.8, 4) is 0 Å². The molecule has 0 fully saturated rings. The Morgan fingerprint density at radius 2 is 2.00 bits per heavy atom. The molecule has 1 aliphatic rings. The highest BCUT2D eigenvalue weighted by Gasteiger charge is 2.27. The number of thioether (sulfide) groups is 1. The Kier molecular flexibility index (Phi) is 3.91. The van der Waals surface area contributed by atoms with Gasteiger partial charge in [0, 0.05) is 13.3 Å². The summed E-state index contributed by atoms with van der Waals surface area (Å²) in [5.41, 5.74) is -0.185. The van der Waals surface area contributed by atoms with E-state index in [0.29, 0.717) is 0 Å². The number of aromatic nitrogens is 2. The highest BCUT2D eigenvalue weighted by Crippen LogP contribution is 2.31. The van der Waals surface area contributed by atoms with E-state index in [1.807, 2.05) is 30.3 Å². The lowest BCUT2D eigenvalue weighted by Crippen LogP contribution is -2.41. The molecule has 1 aliphatic heterocycles. The van der Waals surface area contributed by atoms with Gasteiger partial charge in [-0.25, -0.2) is 9.79 Å². The third-order valence-corrected chi connectivity index (χ3v) is 4.65. The maximum absolute atomic E-state index is 12.6. The first-order valence-electron chi connectivity index (χ1n) is 6.80. The molecule has 7 nitrogen and oxygen atoms in total. The Morgan fingerprint density at radius 3 is 2.65 bits per heavy atom. The monoisotopic (exact) mass is 331 g/mol. The quantitative estimate of drug-likeness (QED) is 0.900. The summed E-state index contributed by atoms with van der Waals surface area (Å²) in [5, 5.41) is 8.16. The maximum atomic E-state index is 12.6. The molecule has 2 aromatic rings. The van der Waals surface area contributed by atoms with Crippen LogP contribution in [0.3, 0.4) is 0 Å². The summed E-state index contributed by atoms with van der Waals surface area (Å²) >= 11 is 0.897. The molecule has 0 spiro atoms. The molecular formula is C15H13N3O4S. The zero-order chi connectivity index (χ0) is 16.6. The molecule has 1 atom stereocenters. The van der Waals surface area contributed by atoms with Gasteiger partial charge in [0.05, 0.1) is 6.54 Å². The van der Waals surface area contributed by atoms with Crippen molar-refractivity contribution in [1.29, 1.82) is 0 Å². The summed E-state index contributed by atoms with van der Waals surface area (Å²) in [7, 11) is 1.51. The van der Waals surface area contributed by atoms with Gasteiger partial charge in [-0.1, -0.05) is 42.1 Å². The number of benzene rings is 1. The summed E-state index contributed by atoms with van der Waals surface area (Å²) in [6, 6.07) is 9.12. The van der Waals surface area contributed by atoms with E-state index in [0.717, 1.165) is 21.9 Å². The van der Waals surface area contributed by atoms with Crippen LogP contribution in [0.2, 0.25) is 0 Å². The van der Waals surface area contributed by atoms with E-state index >= 15 is 0 Å². The van der Waals surface area contributed by atoms with Gasteiger partial charge in [0.15, 0.2) is 5.82 Å². The third kappa shape index (κ3) is 2.72. The van der Waals surface area contributed by atoms with Crippen LogP contribution in [0.15, 0.2) is 49.8 Å². The summed E-state index contributed by atoms with van der Waals surface area (Å²) in [5.74, 6) is -0.876. The van der Waals surface area contributed by atoms with Crippen LogP contribution in [-0.4, -0.2) is 31.7 Å². The lowest BCUT2D eigenvalue weighted by atomic mass is 10.2. The second-order valence-corrected chi connectivity index (χ2v) is 6.18. The van der Waals surface area contributed by atoms with Crippen molar-refractivity contribution in [3.05, 3.63) is 56.7 Å². The zero-order valence-corrected chi connectivity index (χ0v) is 13.0. The van der Waals surface area contributed by atoms with Crippen LogP contribution in [0.5, 0.6) is 0 Å². The molecule has 0 radical (unpaired) electrons. The van der Waals surface area contributed by atoms with Crippen molar-refractivity contribution in [2.24, 2.45) is 12.0 Å². The number of hydrogen-bond donors (Lipinski definition) is 1. The van der Waals surface area contributed by atoms with E-state index in [-0.39, 0.29) is 17.3 Å². The molecular weight excluding hydrogens is 318 g/mol. The molecule has 8 heteroatoms. The fraction of sp³-hybridized carbons (Fsp3) is 0.200. The molecule has 0 aliphatic carbocycles. The van der Waals surface area contributed by atoms with Crippen molar-refractivity contribution < 1.29 is 9.90 Å². The Morgan fingerprint density at radius 1 is 1.30 bits per heavy atom. The average molecular weight is 331 g/mol. The number of rotatable bonds is 3. The van der Waals surface area contributed by atoms with Crippen LogP contribution >= 0.6 is 11.8 Å². The molecule has 2 heterocycles. The molecule has 1 aromatic carbocycles. The molecule has 0 saturated carbocycles. The van der Waals surface area contributed by atoms with Crippen LogP contribution in [-0.2, 0) is 18.4 Å². The van der Waals surface area contributed by atoms with E-state index in [1.165, 1.54) is 17.8 Å². The van der Waals surface area contributed by atoms with E-state index in [4.69, 9.17) is 5.11 Å². The van der Waals surface area contributed by atoms with Crippen molar-refractivity contribution in [2.45, 2.75) is 16.7 Å². The Balaban J connectivity index is 2.14. The van der Waals surface area contributed by atoms with Gasteiger partial charge in [0.25, 0.3) is 5.56 Å². The normalized spacial score (nSPS) is 16.1. The van der Waals surface area contributed by atoms with Crippen LogP contribution < -0.4 is 11.2 Å². The standard InChI is InChI=1S/C15H13N3O4S/c1-17-12-11(23-10(7-16-12)14(20)21)13(19)18(15(17)22)8-9-5-3-2-4-6-9/h2-7,10H,8H2,1H3,(H,20,21). The predicted octanol–water partition coefficient (Wildman–Crippen LogP) is 0.856. The summed E-state index contributed by atoms with van der Waals surface area (Å²) in [4.78, 5) is 40.3. The predicted molar refractivity (Wildman–Crippen MR) is 86.9 cm³/mol. The van der Waals surface area contributed by atoms with Gasteiger partial charge in [-0.05, 0) is 5.56 Å². The van der Waals surface area contributed by atoms with Crippen molar-refractivity contribution in [2.75, 3.05) is 0 Å². The number of aliphatic imine (C=N–C) groups is 1. The highest BCUT2D eigenvalue weighted by atomic mass is 32.2. The highest BCUT2D eigenvalue weighted by molar-refractivity contribution is 8.01. The average Bonchev–Trinajstić information content (AvgIpc) is 2.57. The van der Waals surface area contributed by atoms with Crippen LogP contribution in [0.25, 0.3) is 0 Å². The fourth-order valence-corrected chi connectivity index (χ4v) is 3.28. The van der Waals surface area contributed by atoms with Gasteiger partial charge in [-0.2, -0.15) is 0 Å². The van der Waals surface area contributed by atoms with Gasteiger partial charge < -0.3 is 5.11 Å². The molecule has 0 saturated heterocycles. The molecule has 1 N–H and O–H groups in total. The number of carboxylic acid groups (broad SMARTS) is 1. The summed E-state index contributed by atoms with van der Waals surface area (Å²) < 4.78 is 2.36. The van der Waals surface area contributed by atoms with E-state index in [9.17, 15) is 14.4 Å². The van der Waals surface area contributed by atoms with E-state index in [1.54, 1.807) is 0 Å². The number of aliphatic carboxylic acids is 1. The second-order valence-electron chi connectivity index (χ2n) is 5.03. The van der Waals surface area contributed by atoms with Gasteiger partial charge in [-0.3, -0.25) is 18.7 Å². The minimum atomic E-state index is -1.08. The minimum Gasteiger partial charge on any atom is -0.480 e. The van der Waals surface area contributed by atoms with Crippen molar-refractivity contribution >= 4 is 29.8 Å². The van der Waals surface area contributed by atoms with Gasteiger partial charge in [0.2, 0.25) is 0 Å². The topological polar surface area (TPSA) is 93.7 Å². The first kappa shape index (κ1) is 15.3. The number of nitrogens with zero attached hydrogens (tertiary/aromatic N) is 3. The van der Waals surface area contributed by atoms with Gasteiger partial charge in [-0.15, -0.1) is 0 Å². The van der Waals surface area contributed by atoms with E-state index < -0.39 is 22.5 Å². The number of fused-ring (bicyclic) bond motifs is 1. The fourth-order valence-electron chi connectivity index (χ4n) is 2.29. The Labute approximate surface area is 134 Å². The lowest BCUT2D eigenvalue weighted by Gasteiger charge is -2.18. The van der Waals surface area contributed by atoms with Gasteiger partial charge in [0.1, 0.15) is 10.1 Å². The van der Waals surface area contributed by atoms with Gasteiger partial charge >= 0.3 is 11.7 Å². The van der Waals surface area contributed by atoms with Crippen molar-refractivity contribution in [3.63, 3.8) is 0 Å².